The lowest BCUT2D eigenvalue weighted by Crippen LogP contribution is -2.07. The van der Waals surface area contributed by atoms with Crippen LogP contribution in [-0.4, -0.2) is 17.0 Å². The molecule has 1 aromatic carbocycles. The predicted molar refractivity (Wildman–Crippen MR) is 71.3 cm³/mol. The summed E-state index contributed by atoms with van der Waals surface area (Å²) in [6, 6.07) is 5.00. The number of hydrogen-bond donors (Lipinski definition) is 1. The highest BCUT2D eigenvalue weighted by Crippen LogP contribution is 2.28. The molecule has 1 aromatic heterocycles. The number of ether oxygens (including phenoxy) is 1. The lowest BCUT2D eigenvalue weighted by Gasteiger charge is -2.09. The van der Waals surface area contributed by atoms with Crippen molar-refractivity contribution in [2.75, 3.05) is 7.05 Å². The highest BCUT2D eigenvalue weighted by molar-refractivity contribution is 6.34. The Bertz CT molecular complexity index is 528. The molecule has 0 radical (unpaired) electrons. The fourth-order valence-corrected chi connectivity index (χ4v) is 1.96. The van der Waals surface area contributed by atoms with Crippen LogP contribution in [0.1, 0.15) is 5.56 Å². The molecular weight excluding hydrogens is 273 g/mol. The van der Waals surface area contributed by atoms with Gasteiger partial charge in [0, 0.05) is 28.4 Å². The van der Waals surface area contributed by atoms with Gasteiger partial charge in [0.15, 0.2) is 0 Å². The second kappa shape index (κ2) is 6.00. The molecule has 1 heterocycles. The monoisotopic (exact) mass is 283 g/mol. The van der Waals surface area contributed by atoms with Crippen molar-refractivity contribution in [1.29, 1.82) is 0 Å². The van der Waals surface area contributed by atoms with E-state index in [4.69, 9.17) is 27.9 Å². The summed E-state index contributed by atoms with van der Waals surface area (Å²) < 4.78 is 5.66. The van der Waals surface area contributed by atoms with E-state index in [2.05, 4.69) is 15.3 Å². The highest BCUT2D eigenvalue weighted by Gasteiger charge is 2.07. The van der Waals surface area contributed by atoms with Gasteiger partial charge in [0.05, 0.1) is 0 Å². The van der Waals surface area contributed by atoms with Crippen LogP contribution in [0.2, 0.25) is 10.0 Å². The van der Waals surface area contributed by atoms with Crippen molar-refractivity contribution >= 4 is 23.2 Å². The van der Waals surface area contributed by atoms with Crippen molar-refractivity contribution in [2.24, 2.45) is 0 Å². The number of benzene rings is 1. The van der Waals surface area contributed by atoms with Gasteiger partial charge in [-0.1, -0.05) is 23.2 Å². The third-order valence-corrected chi connectivity index (χ3v) is 2.60. The van der Waals surface area contributed by atoms with E-state index in [0.717, 1.165) is 5.56 Å². The largest absolute Gasteiger partial charge is 0.438 e. The third kappa shape index (κ3) is 3.32. The average molecular weight is 284 g/mol. The van der Waals surface area contributed by atoms with Crippen molar-refractivity contribution in [1.82, 2.24) is 15.3 Å². The van der Waals surface area contributed by atoms with Crippen molar-refractivity contribution in [3.63, 3.8) is 0 Å². The van der Waals surface area contributed by atoms with Crippen molar-refractivity contribution in [3.05, 3.63) is 46.3 Å². The molecule has 0 aliphatic carbocycles. The lowest BCUT2D eigenvalue weighted by molar-refractivity contribution is 0.452. The summed E-state index contributed by atoms with van der Waals surface area (Å²) >= 11 is 11.8. The van der Waals surface area contributed by atoms with E-state index in [1.54, 1.807) is 24.4 Å². The van der Waals surface area contributed by atoms with Crippen molar-refractivity contribution in [2.45, 2.75) is 6.54 Å². The molecule has 18 heavy (non-hydrogen) atoms. The van der Waals surface area contributed by atoms with Gasteiger partial charge in [-0.3, -0.25) is 0 Å². The number of nitrogens with one attached hydrogen (secondary N) is 1. The van der Waals surface area contributed by atoms with Crippen LogP contribution in [0.4, 0.5) is 0 Å². The fourth-order valence-electron chi connectivity index (χ4n) is 1.45. The van der Waals surface area contributed by atoms with Gasteiger partial charge in [-0.05, 0) is 25.2 Å². The van der Waals surface area contributed by atoms with Gasteiger partial charge in [0.1, 0.15) is 12.1 Å². The minimum absolute atomic E-state index is 0.484. The zero-order valence-corrected chi connectivity index (χ0v) is 11.2. The molecule has 0 atom stereocenters. The molecule has 0 fully saturated rings. The van der Waals surface area contributed by atoms with E-state index < -0.39 is 0 Å². The van der Waals surface area contributed by atoms with Crippen LogP contribution in [0.15, 0.2) is 30.7 Å². The quantitative estimate of drug-likeness (QED) is 0.935. The third-order valence-electron chi connectivity index (χ3n) is 2.16. The summed E-state index contributed by atoms with van der Waals surface area (Å²) in [6.07, 6.45) is 3.13. The first-order valence-corrected chi connectivity index (χ1v) is 6.02. The Kier molecular flexibility index (Phi) is 4.36. The number of rotatable bonds is 4. The second-order valence-electron chi connectivity index (χ2n) is 3.59. The van der Waals surface area contributed by atoms with Crippen LogP contribution in [0, 0.1) is 0 Å². The minimum atomic E-state index is 0.484. The van der Waals surface area contributed by atoms with Gasteiger partial charge in [-0.25, -0.2) is 9.97 Å². The number of halogens is 2. The molecule has 0 spiro atoms. The molecule has 2 aromatic rings. The van der Waals surface area contributed by atoms with Gasteiger partial charge in [-0.2, -0.15) is 0 Å². The number of aromatic nitrogens is 2. The Morgan fingerprint density at radius 2 is 1.94 bits per heavy atom. The summed E-state index contributed by atoms with van der Waals surface area (Å²) in [5.41, 5.74) is 0.857. The maximum atomic E-state index is 5.91. The number of nitrogens with zero attached hydrogens (tertiary/aromatic N) is 2. The molecule has 2 rings (SSSR count). The van der Waals surface area contributed by atoms with E-state index in [1.165, 1.54) is 6.33 Å². The summed E-state index contributed by atoms with van der Waals surface area (Å²) in [4.78, 5) is 8.05. The Balaban J connectivity index is 2.27. The molecule has 0 aliphatic heterocycles. The Hall–Kier alpha value is -1.36. The predicted octanol–water partition coefficient (Wildman–Crippen LogP) is 3.30. The summed E-state index contributed by atoms with van der Waals surface area (Å²) in [7, 11) is 1.84. The molecule has 0 aliphatic rings. The van der Waals surface area contributed by atoms with Gasteiger partial charge >= 0.3 is 0 Å². The van der Waals surface area contributed by atoms with Crippen LogP contribution < -0.4 is 10.1 Å². The fraction of sp³-hybridized carbons (Fsp3) is 0.167. The maximum Gasteiger partial charge on any atom is 0.226 e. The highest BCUT2D eigenvalue weighted by atomic mass is 35.5. The summed E-state index contributed by atoms with van der Waals surface area (Å²) in [6.45, 7) is 0.616. The Morgan fingerprint density at radius 1 is 1.22 bits per heavy atom. The van der Waals surface area contributed by atoms with E-state index >= 15 is 0 Å². The molecule has 0 saturated carbocycles. The average Bonchev–Trinajstić information content (AvgIpc) is 2.30. The van der Waals surface area contributed by atoms with Crippen LogP contribution in [0.25, 0.3) is 0 Å². The van der Waals surface area contributed by atoms with Crippen molar-refractivity contribution in [3.8, 4) is 11.6 Å². The van der Waals surface area contributed by atoms with E-state index in [1.807, 2.05) is 7.05 Å². The normalized spacial score (nSPS) is 10.4. The molecule has 0 amide bonds. The molecule has 1 N–H and O–H groups in total. The molecule has 0 unspecified atom stereocenters. The first kappa shape index (κ1) is 13.1. The van der Waals surface area contributed by atoms with Gasteiger partial charge in [0.2, 0.25) is 5.88 Å². The molecule has 4 nitrogen and oxygen atoms in total. The van der Waals surface area contributed by atoms with Crippen LogP contribution in [0.3, 0.4) is 0 Å². The lowest BCUT2D eigenvalue weighted by atomic mass is 10.3. The minimum Gasteiger partial charge on any atom is -0.438 e. The SMILES string of the molecule is CNCc1cncnc1Oc1cc(Cl)cc(Cl)c1. The molecule has 94 valence electrons. The first-order chi connectivity index (χ1) is 8.69. The number of hydrogen-bond acceptors (Lipinski definition) is 4. The summed E-state index contributed by atoms with van der Waals surface area (Å²) in [5.74, 6) is 1.03. The standard InChI is InChI=1S/C12H11Cl2N3O/c1-15-5-8-6-16-7-17-12(8)18-11-3-9(13)2-10(14)4-11/h2-4,6-7,15H,5H2,1H3. The first-order valence-electron chi connectivity index (χ1n) is 5.26. The molecule has 0 saturated heterocycles. The van der Waals surface area contributed by atoms with Crippen molar-refractivity contribution < 1.29 is 4.74 Å². The maximum absolute atomic E-state index is 5.91. The van der Waals surface area contributed by atoms with Gasteiger partial charge in [0.25, 0.3) is 0 Å². The van der Waals surface area contributed by atoms with Crippen LogP contribution >= 0.6 is 23.2 Å². The Labute approximate surface area is 115 Å². The molecule has 0 bridgehead atoms. The van der Waals surface area contributed by atoms with Crippen LogP contribution in [0.5, 0.6) is 11.6 Å². The second-order valence-corrected chi connectivity index (χ2v) is 4.46. The van der Waals surface area contributed by atoms with E-state index in [0.29, 0.717) is 28.2 Å². The van der Waals surface area contributed by atoms with Crippen LogP contribution in [-0.2, 0) is 6.54 Å². The molecular formula is C12H11Cl2N3O. The molecule has 6 heteroatoms. The van der Waals surface area contributed by atoms with Gasteiger partial charge < -0.3 is 10.1 Å². The summed E-state index contributed by atoms with van der Waals surface area (Å²) in [5, 5.41) is 4.05. The zero-order valence-electron chi connectivity index (χ0n) is 9.65. The zero-order chi connectivity index (χ0) is 13.0. The van der Waals surface area contributed by atoms with Gasteiger partial charge in [-0.15, -0.1) is 0 Å². The topological polar surface area (TPSA) is 47.0 Å². The Morgan fingerprint density at radius 3 is 2.61 bits per heavy atom. The van der Waals surface area contributed by atoms with E-state index in [-0.39, 0.29) is 0 Å². The smallest absolute Gasteiger partial charge is 0.226 e. The van der Waals surface area contributed by atoms with E-state index in [9.17, 15) is 0 Å².